The molecule has 0 aliphatic carbocycles. The minimum atomic E-state index is -4.57. The number of phosphoric acid groups is 1. The van der Waals surface area contributed by atoms with Gasteiger partial charge in [-0.3, -0.25) is 9.32 Å². The maximum absolute atomic E-state index is 12.4. The lowest BCUT2D eigenvalue weighted by molar-refractivity contribution is -0.122. The van der Waals surface area contributed by atoms with E-state index in [1.54, 1.807) is 0 Å². The Morgan fingerprint density at radius 2 is 1.49 bits per heavy atom. The van der Waals surface area contributed by atoms with Crippen molar-refractivity contribution in [2.24, 2.45) is 0 Å². The molecule has 1 aromatic carbocycles. The summed E-state index contributed by atoms with van der Waals surface area (Å²) in [4.78, 5) is 30.4. The van der Waals surface area contributed by atoms with E-state index in [9.17, 15) is 9.36 Å². The molecular formula is C28H48NO5P. The third kappa shape index (κ3) is 20.4. The zero-order chi connectivity index (χ0) is 25.6. The number of rotatable bonds is 22. The number of carbonyl (C=O) groups is 1. The maximum Gasteiger partial charge on any atom is 0.469 e. The van der Waals surface area contributed by atoms with Gasteiger partial charge in [0.05, 0.1) is 12.6 Å². The molecule has 1 rings (SSSR count). The van der Waals surface area contributed by atoms with Gasteiger partial charge in [0.15, 0.2) is 0 Å². The topological polar surface area (TPSA) is 95.9 Å². The van der Waals surface area contributed by atoms with Crippen LogP contribution in [-0.4, -0.2) is 28.3 Å². The van der Waals surface area contributed by atoms with Gasteiger partial charge in [-0.1, -0.05) is 101 Å². The first kappa shape index (κ1) is 31.6. The van der Waals surface area contributed by atoms with E-state index in [-0.39, 0.29) is 12.5 Å². The number of benzene rings is 1. The molecule has 35 heavy (non-hydrogen) atoms. The highest BCUT2D eigenvalue weighted by molar-refractivity contribution is 7.46. The maximum atomic E-state index is 12.4. The molecule has 0 heterocycles. The molecule has 3 N–H and O–H groups in total. The van der Waals surface area contributed by atoms with Crippen LogP contribution in [0.25, 0.3) is 0 Å². The standard InChI is InChI=1S/C28H48NO5P/c1-2-3-4-5-6-7-8-9-10-11-12-13-14-15-19-22-28(30)29-27(25-34-35(31,32)33)24-23-26-20-17-16-18-21-26/h9-10,16-18,20-21,27H,2-8,11-15,19,22-25H2,1H3,(H,29,30)(H2,31,32,33)/b10-9-/t27-/m1/s1. The van der Waals surface area contributed by atoms with Crippen LogP contribution in [0.1, 0.15) is 109 Å². The van der Waals surface area contributed by atoms with E-state index in [4.69, 9.17) is 9.79 Å². The lowest BCUT2D eigenvalue weighted by Gasteiger charge is -2.19. The molecular weight excluding hydrogens is 461 g/mol. The Hall–Kier alpha value is -1.46. The second-order valence-corrected chi connectivity index (χ2v) is 10.6. The van der Waals surface area contributed by atoms with Crippen molar-refractivity contribution in [3.63, 3.8) is 0 Å². The molecule has 0 aliphatic heterocycles. The summed E-state index contributed by atoms with van der Waals surface area (Å²) in [6.07, 6.45) is 22.1. The van der Waals surface area contributed by atoms with E-state index in [1.165, 1.54) is 57.8 Å². The number of phosphoric ester groups is 1. The predicted molar refractivity (Wildman–Crippen MR) is 144 cm³/mol. The largest absolute Gasteiger partial charge is 0.469 e. The van der Waals surface area contributed by atoms with Crippen LogP contribution in [0.5, 0.6) is 0 Å². The van der Waals surface area contributed by atoms with Gasteiger partial charge in [-0.2, -0.15) is 0 Å². The van der Waals surface area contributed by atoms with Crippen molar-refractivity contribution in [1.82, 2.24) is 5.32 Å². The Bertz CT molecular complexity index is 719. The van der Waals surface area contributed by atoms with E-state index in [2.05, 4.69) is 28.9 Å². The van der Waals surface area contributed by atoms with Gasteiger partial charge in [-0.15, -0.1) is 0 Å². The second-order valence-electron chi connectivity index (χ2n) is 9.41. The Kier molecular flexibility index (Phi) is 18.7. The molecule has 0 bridgehead atoms. The van der Waals surface area contributed by atoms with Gasteiger partial charge in [0, 0.05) is 6.42 Å². The fraction of sp³-hybridized carbons (Fsp3) is 0.679. The summed E-state index contributed by atoms with van der Waals surface area (Å²) < 4.78 is 15.7. The molecule has 6 nitrogen and oxygen atoms in total. The SMILES string of the molecule is CCCCCCCC/C=C\CCCCCCCC(=O)N[C@H](CCc1ccccc1)COP(=O)(O)O. The number of unbranched alkanes of at least 4 members (excludes halogenated alkanes) is 11. The van der Waals surface area contributed by atoms with E-state index in [0.29, 0.717) is 19.3 Å². The molecule has 0 aliphatic rings. The highest BCUT2D eigenvalue weighted by atomic mass is 31.2. The van der Waals surface area contributed by atoms with Crippen LogP contribution in [0.2, 0.25) is 0 Å². The summed E-state index contributed by atoms with van der Waals surface area (Å²) >= 11 is 0. The number of amides is 1. The Morgan fingerprint density at radius 1 is 0.914 bits per heavy atom. The van der Waals surface area contributed by atoms with Crippen molar-refractivity contribution >= 4 is 13.7 Å². The number of hydrogen-bond donors (Lipinski definition) is 3. The molecule has 1 atom stereocenters. The summed E-state index contributed by atoms with van der Waals surface area (Å²) in [6.45, 7) is 2.05. The average molecular weight is 510 g/mol. The third-order valence-electron chi connectivity index (χ3n) is 6.10. The molecule has 0 saturated carbocycles. The normalized spacial score (nSPS) is 12.8. The van der Waals surface area contributed by atoms with Crippen molar-refractivity contribution in [2.45, 2.75) is 116 Å². The van der Waals surface area contributed by atoms with Crippen LogP contribution in [0.15, 0.2) is 42.5 Å². The Balaban J connectivity index is 2.11. The van der Waals surface area contributed by atoms with Crippen molar-refractivity contribution in [1.29, 1.82) is 0 Å². The third-order valence-corrected chi connectivity index (χ3v) is 6.58. The van der Waals surface area contributed by atoms with Crippen molar-refractivity contribution in [3.05, 3.63) is 48.0 Å². The van der Waals surface area contributed by atoms with Crippen LogP contribution in [0, 0.1) is 0 Å². The molecule has 0 radical (unpaired) electrons. The molecule has 0 unspecified atom stereocenters. The molecule has 0 spiro atoms. The van der Waals surface area contributed by atoms with Crippen LogP contribution in [-0.2, 0) is 20.3 Å². The predicted octanol–water partition coefficient (Wildman–Crippen LogP) is 7.25. The number of aryl methyl sites for hydroxylation is 1. The smallest absolute Gasteiger partial charge is 0.351 e. The van der Waals surface area contributed by atoms with E-state index in [1.807, 2.05) is 30.3 Å². The van der Waals surface area contributed by atoms with Crippen molar-refractivity contribution < 1.29 is 23.7 Å². The summed E-state index contributed by atoms with van der Waals surface area (Å²) in [7, 11) is -4.57. The highest BCUT2D eigenvalue weighted by Crippen LogP contribution is 2.35. The fourth-order valence-corrected chi connectivity index (χ4v) is 4.40. The first-order valence-corrected chi connectivity index (χ1v) is 15.1. The molecule has 7 heteroatoms. The van der Waals surface area contributed by atoms with Crippen LogP contribution in [0.4, 0.5) is 0 Å². The van der Waals surface area contributed by atoms with Gasteiger partial charge in [-0.05, 0) is 50.5 Å². The van der Waals surface area contributed by atoms with Gasteiger partial charge >= 0.3 is 7.82 Å². The Labute approximate surface area is 213 Å². The van der Waals surface area contributed by atoms with Crippen LogP contribution < -0.4 is 5.32 Å². The van der Waals surface area contributed by atoms with E-state index >= 15 is 0 Å². The summed E-state index contributed by atoms with van der Waals surface area (Å²) in [5.74, 6) is -0.0880. The summed E-state index contributed by atoms with van der Waals surface area (Å²) in [6, 6.07) is 9.39. The van der Waals surface area contributed by atoms with Crippen LogP contribution in [0.3, 0.4) is 0 Å². The fourth-order valence-electron chi connectivity index (χ4n) is 4.03. The number of carbonyl (C=O) groups excluding carboxylic acids is 1. The first-order valence-electron chi connectivity index (χ1n) is 13.6. The van der Waals surface area contributed by atoms with Gasteiger partial charge in [0.1, 0.15) is 0 Å². The molecule has 0 fully saturated rings. The lowest BCUT2D eigenvalue weighted by atomic mass is 10.0. The monoisotopic (exact) mass is 509 g/mol. The molecule has 1 amide bonds. The van der Waals surface area contributed by atoms with Gasteiger partial charge in [0.25, 0.3) is 0 Å². The van der Waals surface area contributed by atoms with E-state index in [0.717, 1.165) is 31.2 Å². The molecule has 0 aromatic heterocycles. The highest BCUT2D eigenvalue weighted by Gasteiger charge is 2.19. The molecule has 1 aromatic rings. The second kappa shape index (κ2) is 20.7. The average Bonchev–Trinajstić information content (AvgIpc) is 2.83. The lowest BCUT2D eigenvalue weighted by Crippen LogP contribution is -2.38. The number of allylic oxidation sites excluding steroid dienone is 2. The van der Waals surface area contributed by atoms with Gasteiger partial charge in [-0.25, -0.2) is 4.57 Å². The van der Waals surface area contributed by atoms with Crippen molar-refractivity contribution in [2.75, 3.05) is 6.61 Å². The molecule has 200 valence electrons. The number of nitrogens with one attached hydrogen (secondary N) is 1. The van der Waals surface area contributed by atoms with Crippen LogP contribution >= 0.6 is 7.82 Å². The summed E-state index contributed by atoms with van der Waals surface area (Å²) in [5.41, 5.74) is 1.11. The van der Waals surface area contributed by atoms with E-state index < -0.39 is 13.9 Å². The minimum Gasteiger partial charge on any atom is -0.351 e. The minimum absolute atomic E-state index is 0.0880. The quantitative estimate of drug-likeness (QED) is 0.0869. The first-order chi connectivity index (χ1) is 16.9. The summed E-state index contributed by atoms with van der Waals surface area (Å²) in [5, 5.41) is 2.89. The number of hydrogen-bond acceptors (Lipinski definition) is 3. The zero-order valence-electron chi connectivity index (χ0n) is 21.7. The zero-order valence-corrected chi connectivity index (χ0v) is 22.6. The molecule has 0 saturated heterocycles. The van der Waals surface area contributed by atoms with Crippen molar-refractivity contribution in [3.8, 4) is 0 Å². The van der Waals surface area contributed by atoms with Gasteiger partial charge in [0.2, 0.25) is 5.91 Å². The Morgan fingerprint density at radius 3 is 2.09 bits per heavy atom. The van der Waals surface area contributed by atoms with Gasteiger partial charge < -0.3 is 15.1 Å².